The van der Waals surface area contributed by atoms with Crippen molar-refractivity contribution in [2.24, 2.45) is 5.92 Å². The van der Waals surface area contributed by atoms with E-state index in [9.17, 15) is 9.59 Å². The van der Waals surface area contributed by atoms with Gasteiger partial charge in [0.1, 0.15) is 17.0 Å². The lowest BCUT2D eigenvalue weighted by Crippen LogP contribution is -2.65. The number of hydrogen-bond acceptors (Lipinski definition) is 4. The van der Waals surface area contributed by atoms with Crippen LogP contribution in [-0.4, -0.2) is 40.0 Å². The molecule has 1 aliphatic heterocycles. The Morgan fingerprint density at radius 1 is 1.24 bits per heavy atom. The molecule has 3 aromatic rings. The highest BCUT2D eigenvalue weighted by Crippen LogP contribution is 2.36. The number of nitrogens with one attached hydrogen (secondary N) is 1. The average molecular weight is 466 g/mol. The molecule has 1 aromatic carbocycles. The largest absolute Gasteiger partial charge is 0.497 e. The number of thiophene rings is 1. The zero-order valence-corrected chi connectivity index (χ0v) is 20.3. The summed E-state index contributed by atoms with van der Waals surface area (Å²) in [5.74, 6) is 1.01. The molecule has 33 heavy (non-hydrogen) atoms. The summed E-state index contributed by atoms with van der Waals surface area (Å²) in [7, 11) is 1.63. The van der Waals surface area contributed by atoms with E-state index in [1.807, 2.05) is 53.3 Å². The third-order valence-corrected chi connectivity index (χ3v) is 8.29. The molecule has 2 amide bonds. The monoisotopic (exact) mass is 465 g/mol. The van der Waals surface area contributed by atoms with E-state index in [-0.39, 0.29) is 17.9 Å². The van der Waals surface area contributed by atoms with Gasteiger partial charge in [0, 0.05) is 12.6 Å². The maximum absolute atomic E-state index is 13.9. The number of rotatable bonds is 5. The zero-order chi connectivity index (χ0) is 23.2. The third kappa shape index (κ3) is 3.82. The molecule has 1 N–H and O–H groups in total. The molecule has 0 radical (unpaired) electrons. The van der Waals surface area contributed by atoms with E-state index in [4.69, 9.17) is 4.74 Å². The van der Waals surface area contributed by atoms with Gasteiger partial charge in [0.15, 0.2) is 0 Å². The third-order valence-electron chi connectivity index (χ3n) is 7.44. The van der Waals surface area contributed by atoms with Crippen molar-refractivity contribution in [2.45, 2.75) is 64.2 Å². The topological polar surface area (TPSA) is 63.6 Å². The van der Waals surface area contributed by atoms with Crippen LogP contribution in [0.5, 0.6) is 5.75 Å². The zero-order valence-electron chi connectivity index (χ0n) is 19.5. The number of nitrogens with zero attached hydrogens (tertiary/aromatic N) is 2. The molecule has 0 bridgehead atoms. The minimum absolute atomic E-state index is 0.0692. The Bertz CT molecular complexity index is 1200. The Hall–Kier alpha value is -2.80. The SMILES string of the molecule is COc1cccc(CN2C(=O)c3cc4sccc4n3CC2(C)C(=O)NC2CCCCC2C)c1. The van der Waals surface area contributed by atoms with E-state index in [1.165, 1.54) is 6.42 Å². The summed E-state index contributed by atoms with van der Waals surface area (Å²) in [5, 5.41) is 5.37. The maximum atomic E-state index is 13.9. The van der Waals surface area contributed by atoms with Gasteiger partial charge in [-0.25, -0.2) is 0 Å². The van der Waals surface area contributed by atoms with Crippen molar-refractivity contribution in [1.29, 1.82) is 0 Å². The van der Waals surface area contributed by atoms with Crippen LogP contribution in [0.2, 0.25) is 0 Å². The predicted octanol–water partition coefficient (Wildman–Crippen LogP) is 4.82. The summed E-state index contributed by atoms with van der Waals surface area (Å²) in [4.78, 5) is 29.4. The molecule has 1 fully saturated rings. The molecule has 3 heterocycles. The Morgan fingerprint density at radius 3 is 2.85 bits per heavy atom. The van der Waals surface area contributed by atoms with Crippen molar-refractivity contribution in [2.75, 3.05) is 7.11 Å². The minimum Gasteiger partial charge on any atom is -0.497 e. The number of ether oxygens (including phenoxy) is 1. The second-order valence-electron chi connectivity index (χ2n) is 9.64. The number of aromatic nitrogens is 1. The lowest BCUT2D eigenvalue weighted by molar-refractivity contribution is -0.134. The van der Waals surface area contributed by atoms with Gasteiger partial charge in [-0.05, 0) is 60.9 Å². The lowest BCUT2D eigenvalue weighted by Gasteiger charge is -2.45. The van der Waals surface area contributed by atoms with E-state index >= 15 is 0 Å². The summed E-state index contributed by atoms with van der Waals surface area (Å²) >= 11 is 1.62. The molecule has 174 valence electrons. The van der Waals surface area contributed by atoms with Crippen LogP contribution >= 0.6 is 11.3 Å². The maximum Gasteiger partial charge on any atom is 0.271 e. The van der Waals surface area contributed by atoms with E-state index in [0.717, 1.165) is 40.8 Å². The number of benzene rings is 1. The van der Waals surface area contributed by atoms with Crippen LogP contribution in [0.15, 0.2) is 41.8 Å². The van der Waals surface area contributed by atoms with Crippen molar-refractivity contribution < 1.29 is 14.3 Å². The molecule has 7 heteroatoms. The van der Waals surface area contributed by atoms with Crippen LogP contribution in [0.25, 0.3) is 10.2 Å². The quantitative estimate of drug-likeness (QED) is 0.588. The number of amides is 2. The van der Waals surface area contributed by atoms with Crippen LogP contribution in [0, 0.1) is 5.92 Å². The van der Waals surface area contributed by atoms with E-state index < -0.39 is 5.54 Å². The Kier molecular flexibility index (Phi) is 5.69. The molecule has 0 saturated heterocycles. The Labute approximate surface area is 198 Å². The second kappa shape index (κ2) is 8.52. The van der Waals surface area contributed by atoms with Gasteiger partial charge in [0.2, 0.25) is 5.91 Å². The fraction of sp³-hybridized carbons (Fsp3) is 0.462. The fourth-order valence-electron chi connectivity index (χ4n) is 5.33. The highest BCUT2D eigenvalue weighted by atomic mass is 32.1. The molecule has 1 saturated carbocycles. The molecule has 6 nitrogen and oxygen atoms in total. The molecule has 3 atom stereocenters. The van der Waals surface area contributed by atoms with Crippen LogP contribution in [-0.2, 0) is 17.9 Å². The minimum atomic E-state index is -1.00. The van der Waals surface area contributed by atoms with Crippen molar-refractivity contribution in [3.05, 3.63) is 53.0 Å². The van der Waals surface area contributed by atoms with Crippen molar-refractivity contribution in [3.8, 4) is 5.75 Å². The smallest absolute Gasteiger partial charge is 0.271 e. The average Bonchev–Trinajstić information content (AvgIpc) is 3.41. The number of carbonyl (C=O) groups is 2. The number of hydrogen-bond donors (Lipinski definition) is 1. The molecule has 2 aromatic heterocycles. The van der Waals surface area contributed by atoms with Crippen LogP contribution in [0.3, 0.4) is 0 Å². The molecule has 1 aliphatic carbocycles. The van der Waals surface area contributed by atoms with Gasteiger partial charge in [-0.1, -0.05) is 31.9 Å². The highest BCUT2D eigenvalue weighted by molar-refractivity contribution is 7.17. The molecule has 3 unspecified atom stereocenters. The fourth-order valence-corrected chi connectivity index (χ4v) is 6.15. The number of carbonyl (C=O) groups excluding carboxylic acids is 2. The van der Waals surface area contributed by atoms with Gasteiger partial charge in [0.25, 0.3) is 5.91 Å². The van der Waals surface area contributed by atoms with E-state index in [2.05, 4.69) is 12.2 Å². The van der Waals surface area contributed by atoms with Gasteiger partial charge in [-0.2, -0.15) is 0 Å². The predicted molar refractivity (Wildman–Crippen MR) is 131 cm³/mol. The first-order valence-corrected chi connectivity index (χ1v) is 12.6. The number of fused-ring (bicyclic) bond motifs is 3. The number of methoxy groups -OCH3 is 1. The first-order valence-electron chi connectivity index (χ1n) is 11.7. The Balaban J connectivity index is 1.53. The normalized spacial score (nSPS) is 25.2. The molecular weight excluding hydrogens is 434 g/mol. The van der Waals surface area contributed by atoms with Crippen LogP contribution in [0.1, 0.15) is 55.6 Å². The van der Waals surface area contributed by atoms with E-state index in [0.29, 0.717) is 24.7 Å². The van der Waals surface area contributed by atoms with Gasteiger partial charge in [-0.3, -0.25) is 9.59 Å². The summed E-state index contributed by atoms with van der Waals surface area (Å²) in [6.07, 6.45) is 4.48. The lowest BCUT2D eigenvalue weighted by atomic mass is 9.85. The Morgan fingerprint density at radius 2 is 2.06 bits per heavy atom. The second-order valence-corrected chi connectivity index (χ2v) is 10.6. The summed E-state index contributed by atoms with van der Waals surface area (Å²) in [6.45, 7) is 4.91. The first-order chi connectivity index (χ1) is 15.9. The van der Waals surface area contributed by atoms with Gasteiger partial charge < -0.3 is 19.5 Å². The van der Waals surface area contributed by atoms with Crippen LogP contribution in [0.4, 0.5) is 0 Å². The first kappa shape index (κ1) is 22.0. The van der Waals surface area contributed by atoms with Crippen molar-refractivity contribution in [1.82, 2.24) is 14.8 Å². The summed E-state index contributed by atoms with van der Waals surface area (Å²) in [6, 6.07) is 11.9. The standard InChI is InChI=1S/C26H31N3O3S/c1-17-7-4-5-10-20(17)27-25(31)26(2)16-28-21-11-12-33-23(21)14-22(28)24(30)29(26)15-18-8-6-9-19(13-18)32-3/h6,8-9,11-14,17,20H,4-5,7,10,15-16H2,1-3H3,(H,27,31). The highest BCUT2D eigenvalue weighted by Gasteiger charge is 2.48. The van der Waals surface area contributed by atoms with Gasteiger partial charge in [0.05, 0.1) is 23.9 Å². The molecular formula is C26H31N3O3S. The van der Waals surface area contributed by atoms with Crippen molar-refractivity contribution in [3.63, 3.8) is 0 Å². The molecule has 5 rings (SSSR count). The summed E-state index contributed by atoms with van der Waals surface area (Å²) < 4.78 is 8.49. The van der Waals surface area contributed by atoms with Gasteiger partial charge in [-0.15, -0.1) is 11.3 Å². The molecule has 2 aliphatic rings. The molecule has 0 spiro atoms. The van der Waals surface area contributed by atoms with Gasteiger partial charge >= 0.3 is 0 Å². The van der Waals surface area contributed by atoms with E-state index in [1.54, 1.807) is 23.3 Å². The van der Waals surface area contributed by atoms with Crippen molar-refractivity contribution >= 4 is 33.4 Å². The summed E-state index contributed by atoms with van der Waals surface area (Å²) in [5.41, 5.74) is 1.61. The van der Waals surface area contributed by atoms with Crippen LogP contribution < -0.4 is 10.1 Å².